The lowest BCUT2D eigenvalue weighted by molar-refractivity contribution is -0.159. The topological polar surface area (TPSA) is 54.0 Å². The Morgan fingerprint density at radius 1 is 0.719 bits per heavy atom. The van der Waals surface area contributed by atoms with Crippen molar-refractivity contribution in [2.75, 3.05) is 13.2 Å². The largest absolute Gasteiger partial charge is 0.458 e. The van der Waals surface area contributed by atoms with Crippen LogP contribution in [0.3, 0.4) is 0 Å². The van der Waals surface area contributed by atoms with E-state index in [0.717, 1.165) is 31.4 Å². The van der Waals surface area contributed by atoms with Crippen molar-refractivity contribution in [1.29, 1.82) is 0 Å². The number of hydrogen-bond donors (Lipinski definition) is 0. The van der Waals surface area contributed by atoms with Crippen molar-refractivity contribution >= 4 is 41.3 Å². The molecule has 8 atom stereocenters. The Labute approximate surface area is 352 Å². The molecule has 0 unspecified atom stereocenters. The van der Waals surface area contributed by atoms with Crippen molar-refractivity contribution in [3.63, 3.8) is 0 Å². The highest BCUT2D eigenvalue weighted by molar-refractivity contribution is 6.99. The molecule has 57 heavy (non-hydrogen) atoms. The second-order valence-electron chi connectivity index (χ2n) is 22.4. The molecule has 5 nitrogen and oxygen atoms in total. The maximum Gasteiger partial charge on any atom is 0.303 e. The zero-order valence-electron chi connectivity index (χ0n) is 39.3. The summed E-state index contributed by atoms with van der Waals surface area (Å²) in [5.74, 6) is 1.63. The molecule has 0 N–H and O–H groups in total. The maximum absolute atomic E-state index is 13.0. The van der Waals surface area contributed by atoms with Gasteiger partial charge in [-0.05, 0) is 112 Å². The minimum absolute atomic E-state index is 0.0128. The molecule has 2 saturated carbocycles. The van der Waals surface area contributed by atoms with Crippen molar-refractivity contribution < 1.29 is 22.8 Å². The third kappa shape index (κ3) is 10.6. The minimum atomic E-state index is -2.87. The second-order valence-corrected chi connectivity index (χ2v) is 36.2. The summed E-state index contributed by atoms with van der Waals surface area (Å²) in [5, 5.41) is 2.71. The standard InChI is InChI=1S/C49H82O5Si3/c1-34(2)44(33-52-56(17,18)48(9,10)11)42-29-35(3)46(53-37(5)50)45-41(36(4)32-51-55(15,16)47(6,7)8)30-38(31-43(42)45)54-57(49(12,13)14,39-25-21-19-22-26-39)40-27-23-20-24-28-40/h19-28,34,36,38,41-46H,3,29-33H2,1-2,4-18H3/t36-,38-,41+,42-,43-,44-,45-,46-/m1/s1. The van der Waals surface area contributed by atoms with Crippen LogP contribution in [-0.4, -0.2) is 56.3 Å². The first-order valence-corrected chi connectivity index (χ1v) is 29.8. The van der Waals surface area contributed by atoms with E-state index in [1.165, 1.54) is 10.4 Å². The van der Waals surface area contributed by atoms with Gasteiger partial charge in [-0.2, -0.15) is 0 Å². The first-order valence-electron chi connectivity index (χ1n) is 22.1. The third-order valence-corrected chi connectivity index (χ3v) is 29.1. The van der Waals surface area contributed by atoms with E-state index >= 15 is 0 Å². The highest BCUT2D eigenvalue weighted by Gasteiger charge is 2.57. The smallest absolute Gasteiger partial charge is 0.303 e. The van der Waals surface area contributed by atoms with Gasteiger partial charge in [0.1, 0.15) is 6.10 Å². The number of hydrogen-bond acceptors (Lipinski definition) is 5. The van der Waals surface area contributed by atoms with Crippen LogP contribution < -0.4 is 10.4 Å². The quantitative estimate of drug-likeness (QED) is 0.108. The number of rotatable bonds is 14. The molecule has 2 fully saturated rings. The maximum atomic E-state index is 13.0. The van der Waals surface area contributed by atoms with Gasteiger partial charge in [0.2, 0.25) is 0 Å². The molecule has 320 valence electrons. The van der Waals surface area contributed by atoms with E-state index in [1.54, 1.807) is 6.92 Å². The molecule has 0 heterocycles. The van der Waals surface area contributed by atoms with Crippen molar-refractivity contribution in [1.82, 2.24) is 0 Å². The Morgan fingerprint density at radius 3 is 1.61 bits per heavy atom. The molecular formula is C49H82O5Si3. The van der Waals surface area contributed by atoms with E-state index in [2.05, 4.69) is 170 Å². The van der Waals surface area contributed by atoms with E-state index in [4.69, 9.17) is 24.6 Å². The number of esters is 1. The summed E-state index contributed by atoms with van der Waals surface area (Å²) < 4.78 is 28.6. The van der Waals surface area contributed by atoms with Gasteiger partial charge < -0.3 is 18.0 Å². The summed E-state index contributed by atoms with van der Waals surface area (Å²) in [4.78, 5) is 13.0. The fourth-order valence-electron chi connectivity index (χ4n) is 9.56. The molecule has 2 aromatic carbocycles. The van der Waals surface area contributed by atoms with Gasteiger partial charge in [-0.3, -0.25) is 4.79 Å². The Morgan fingerprint density at radius 2 is 1.19 bits per heavy atom. The Hall–Kier alpha value is -1.82. The van der Waals surface area contributed by atoms with Gasteiger partial charge in [-0.15, -0.1) is 0 Å². The normalized spacial score (nSPS) is 25.2. The SMILES string of the molecule is C=C1C[C@@H]([C@H](CO[Si](C)(C)C(C)(C)C)C(C)C)[C@H]2C[C@H](O[Si](c3ccccc3)(c3ccccc3)C(C)(C)C)C[C@@H]([C@H](C)CO[Si](C)(C)C(C)(C)C)[C@H]2[C@@H]1OC(C)=O. The summed E-state index contributed by atoms with van der Waals surface area (Å²) in [6.45, 7) is 45.4. The van der Waals surface area contributed by atoms with Gasteiger partial charge >= 0.3 is 5.97 Å². The molecule has 0 bridgehead atoms. The predicted octanol–water partition coefficient (Wildman–Crippen LogP) is 12.0. The first-order chi connectivity index (χ1) is 26.1. The fourth-order valence-corrected chi connectivity index (χ4v) is 16.4. The van der Waals surface area contributed by atoms with E-state index in [9.17, 15) is 4.79 Å². The lowest BCUT2D eigenvalue weighted by atomic mass is 9.53. The molecule has 2 aliphatic rings. The number of carbonyl (C=O) groups is 1. The Bertz CT molecular complexity index is 1580. The van der Waals surface area contributed by atoms with Gasteiger partial charge in [0.25, 0.3) is 8.32 Å². The van der Waals surface area contributed by atoms with Crippen LogP contribution in [0.25, 0.3) is 0 Å². The number of benzene rings is 2. The highest BCUT2D eigenvalue weighted by Crippen LogP contribution is 2.56. The first kappa shape index (κ1) is 47.9. The molecule has 4 rings (SSSR count). The number of carbonyl (C=O) groups excluding carboxylic acids is 1. The Kier molecular flexibility index (Phi) is 15.1. The lowest BCUT2D eigenvalue weighted by Gasteiger charge is -2.56. The predicted molar refractivity (Wildman–Crippen MR) is 249 cm³/mol. The molecule has 0 saturated heterocycles. The van der Waals surface area contributed by atoms with Gasteiger partial charge in [0, 0.05) is 32.2 Å². The Balaban J connectivity index is 1.91. The fraction of sp³-hybridized carbons (Fsp3) is 0.694. The summed E-state index contributed by atoms with van der Waals surface area (Å²) in [5.41, 5.74) is 1.06. The van der Waals surface area contributed by atoms with Crippen LogP contribution in [0.4, 0.5) is 0 Å². The molecule has 0 aliphatic heterocycles. The summed E-state index contributed by atoms with van der Waals surface area (Å²) >= 11 is 0. The average Bonchev–Trinajstić information content (AvgIpc) is 3.09. The molecule has 0 spiro atoms. The van der Waals surface area contributed by atoms with Gasteiger partial charge in [0.15, 0.2) is 16.6 Å². The molecule has 8 heteroatoms. The number of fused-ring (bicyclic) bond motifs is 1. The van der Waals surface area contributed by atoms with Crippen LogP contribution in [0.2, 0.25) is 41.3 Å². The molecule has 0 aromatic heterocycles. The van der Waals surface area contributed by atoms with Crippen LogP contribution in [0, 0.1) is 41.4 Å². The minimum Gasteiger partial charge on any atom is -0.458 e. The van der Waals surface area contributed by atoms with E-state index in [0.29, 0.717) is 24.4 Å². The molecule has 2 aliphatic carbocycles. The molecular weight excluding hydrogens is 753 g/mol. The van der Waals surface area contributed by atoms with Crippen molar-refractivity contribution in [2.45, 2.75) is 163 Å². The monoisotopic (exact) mass is 835 g/mol. The van der Waals surface area contributed by atoms with E-state index in [1.807, 2.05) is 0 Å². The van der Waals surface area contributed by atoms with E-state index < -0.39 is 25.0 Å². The molecule has 0 amide bonds. The lowest BCUT2D eigenvalue weighted by Crippen LogP contribution is -2.68. The van der Waals surface area contributed by atoms with Gasteiger partial charge in [-0.1, -0.05) is 150 Å². The van der Waals surface area contributed by atoms with Crippen molar-refractivity contribution in [3.8, 4) is 0 Å². The summed E-state index contributed by atoms with van der Waals surface area (Å²) in [7, 11) is -6.91. The average molecular weight is 835 g/mol. The van der Waals surface area contributed by atoms with Crippen LogP contribution in [-0.2, 0) is 22.8 Å². The zero-order chi connectivity index (χ0) is 42.9. The van der Waals surface area contributed by atoms with Crippen molar-refractivity contribution in [2.24, 2.45) is 41.4 Å². The third-order valence-electron chi connectivity index (χ3n) is 15.0. The summed E-state index contributed by atoms with van der Waals surface area (Å²) in [6, 6.07) is 22.2. The van der Waals surface area contributed by atoms with Crippen LogP contribution in [0.5, 0.6) is 0 Å². The van der Waals surface area contributed by atoms with Gasteiger partial charge in [0.05, 0.1) is 0 Å². The molecule has 2 aromatic rings. The van der Waals surface area contributed by atoms with E-state index in [-0.39, 0.29) is 57.0 Å². The number of ether oxygens (including phenoxy) is 1. The van der Waals surface area contributed by atoms with Crippen LogP contribution in [0.1, 0.15) is 109 Å². The van der Waals surface area contributed by atoms with Crippen LogP contribution in [0.15, 0.2) is 72.8 Å². The van der Waals surface area contributed by atoms with Crippen LogP contribution >= 0.6 is 0 Å². The second kappa shape index (κ2) is 18.0. The zero-order valence-corrected chi connectivity index (χ0v) is 42.3. The molecule has 0 radical (unpaired) electrons. The van der Waals surface area contributed by atoms with Gasteiger partial charge in [-0.25, -0.2) is 0 Å². The highest BCUT2D eigenvalue weighted by atomic mass is 28.4. The summed E-state index contributed by atoms with van der Waals surface area (Å²) in [6.07, 6.45) is 2.32. The van der Waals surface area contributed by atoms with Crippen molar-refractivity contribution in [3.05, 3.63) is 72.8 Å².